The Kier molecular flexibility index (Phi) is 4.63. The van der Waals surface area contributed by atoms with Crippen molar-refractivity contribution in [2.75, 3.05) is 6.61 Å². The summed E-state index contributed by atoms with van der Waals surface area (Å²) in [7, 11) is 0. The molecule has 96 valence electrons. The van der Waals surface area contributed by atoms with E-state index in [1.54, 1.807) is 6.26 Å². The van der Waals surface area contributed by atoms with Gasteiger partial charge in [0.2, 0.25) is 0 Å². The fourth-order valence-corrected chi connectivity index (χ4v) is 2.37. The van der Waals surface area contributed by atoms with Crippen molar-refractivity contribution in [2.24, 2.45) is 0 Å². The molecule has 1 unspecified atom stereocenters. The molecule has 1 N–H and O–H groups in total. The fraction of sp³-hybridized carbons (Fsp3) is 0.714. The van der Waals surface area contributed by atoms with E-state index in [2.05, 4.69) is 19.2 Å². The van der Waals surface area contributed by atoms with Gasteiger partial charge in [-0.05, 0) is 45.2 Å². The van der Waals surface area contributed by atoms with E-state index < -0.39 is 0 Å². The van der Waals surface area contributed by atoms with Crippen LogP contribution in [0, 0.1) is 0 Å². The highest BCUT2D eigenvalue weighted by Gasteiger charge is 2.29. The quantitative estimate of drug-likeness (QED) is 0.792. The van der Waals surface area contributed by atoms with Crippen LogP contribution in [0.2, 0.25) is 0 Å². The molecule has 1 aromatic rings. The van der Waals surface area contributed by atoms with E-state index in [-0.39, 0.29) is 0 Å². The lowest BCUT2D eigenvalue weighted by Gasteiger charge is -2.37. The third kappa shape index (κ3) is 3.86. The Morgan fingerprint density at radius 1 is 1.53 bits per heavy atom. The summed E-state index contributed by atoms with van der Waals surface area (Å²) in [5, 5.41) is 3.65. The molecule has 1 aliphatic rings. The van der Waals surface area contributed by atoms with E-state index in [0.29, 0.717) is 18.2 Å². The van der Waals surface area contributed by atoms with Gasteiger partial charge in [0.1, 0.15) is 5.76 Å². The molecule has 0 saturated heterocycles. The minimum absolute atomic E-state index is 0.495. The van der Waals surface area contributed by atoms with Gasteiger partial charge in [-0.3, -0.25) is 0 Å². The normalized spacial score (nSPS) is 25.5. The van der Waals surface area contributed by atoms with Crippen molar-refractivity contribution in [3.63, 3.8) is 0 Å². The average Bonchev–Trinajstić information content (AvgIpc) is 2.76. The van der Waals surface area contributed by atoms with Gasteiger partial charge in [0, 0.05) is 25.1 Å². The van der Waals surface area contributed by atoms with E-state index >= 15 is 0 Å². The van der Waals surface area contributed by atoms with Crippen LogP contribution in [0.25, 0.3) is 0 Å². The first-order chi connectivity index (χ1) is 8.28. The Labute approximate surface area is 104 Å². The molecule has 3 heteroatoms. The second-order valence-corrected chi connectivity index (χ2v) is 4.93. The van der Waals surface area contributed by atoms with Gasteiger partial charge in [0.15, 0.2) is 0 Å². The van der Waals surface area contributed by atoms with Gasteiger partial charge in [0.25, 0.3) is 0 Å². The molecular weight excluding hydrogens is 214 g/mol. The maximum Gasteiger partial charge on any atom is 0.103 e. The zero-order chi connectivity index (χ0) is 12.1. The van der Waals surface area contributed by atoms with Crippen molar-refractivity contribution in [1.82, 2.24) is 5.32 Å². The first-order valence-electron chi connectivity index (χ1n) is 6.68. The van der Waals surface area contributed by atoms with Gasteiger partial charge < -0.3 is 14.5 Å². The predicted octanol–water partition coefficient (Wildman–Crippen LogP) is 2.76. The van der Waals surface area contributed by atoms with Gasteiger partial charge in [0.05, 0.1) is 12.4 Å². The number of nitrogens with one attached hydrogen (secondary N) is 1. The number of hydrogen-bond donors (Lipinski definition) is 1. The Bertz CT molecular complexity index is 304. The lowest BCUT2D eigenvalue weighted by atomic mass is 9.88. The molecule has 1 atom stereocenters. The van der Waals surface area contributed by atoms with E-state index in [0.717, 1.165) is 25.2 Å². The molecule has 1 heterocycles. The van der Waals surface area contributed by atoms with Crippen LogP contribution in [-0.4, -0.2) is 24.8 Å². The minimum atomic E-state index is 0.495. The number of ether oxygens (including phenoxy) is 1. The molecule has 0 bridgehead atoms. The van der Waals surface area contributed by atoms with Crippen molar-refractivity contribution in [3.05, 3.63) is 24.2 Å². The molecule has 0 aliphatic heterocycles. The third-order valence-electron chi connectivity index (χ3n) is 3.42. The second kappa shape index (κ2) is 6.22. The van der Waals surface area contributed by atoms with Gasteiger partial charge in [-0.1, -0.05) is 0 Å². The summed E-state index contributed by atoms with van der Waals surface area (Å²) < 4.78 is 10.9. The SMILES string of the molecule is CCOC1CC(NC(C)CCc2ccco2)C1. The zero-order valence-corrected chi connectivity index (χ0v) is 10.8. The Morgan fingerprint density at radius 3 is 3.00 bits per heavy atom. The molecule has 1 fully saturated rings. The Morgan fingerprint density at radius 2 is 2.35 bits per heavy atom. The molecular formula is C14H23NO2. The molecule has 1 saturated carbocycles. The predicted molar refractivity (Wildman–Crippen MR) is 68.1 cm³/mol. The van der Waals surface area contributed by atoms with E-state index in [1.807, 2.05) is 12.1 Å². The molecule has 0 spiro atoms. The molecule has 0 amide bonds. The van der Waals surface area contributed by atoms with Crippen LogP contribution in [0.5, 0.6) is 0 Å². The summed E-state index contributed by atoms with van der Waals surface area (Å²) >= 11 is 0. The maximum absolute atomic E-state index is 5.55. The molecule has 3 nitrogen and oxygen atoms in total. The van der Waals surface area contributed by atoms with Crippen LogP contribution in [0.1, 0.15) is 38.9 Å². The zero-order valence-electron chi connectivity index (χ0n) is 10.8. The van der Waals surface area contributed by atoms with Crippen LogP contribution in [0.3, 0.4) is 0 Å². The summed E-state index contributed by atoms with van der Waals surface area (Å²) in [6.45, 7) is 5.15. The van der Waals surface area contributed by atoms with Gasteiger partial charge in [-0.2, -0.15) is 0 Å². The second-order valence-electron chi connectivity index (χ2n) is 4.93. The van der Waals surface area contributed by atoms with Crippen molar-refractivity contribution in [3.8, 4) is 0 Å². The summed E-state index contributed by atoms with van der Waals surface area (Å²) in [6.07, 6.45) is 6.71. The van der Waals surface area contributed by atoms with Crippen LogP contribution >= 0.6 is 0 Å². The standard InChI is InChI=1S/C14H23NO2/c1-3-16-14-9-12(10-14)15-11(2)6-7-13-5-4-8-17-13/h4-5,8,11-12,14-15H,3,6-7,9-10H2,1-2H3. The first-order valence-corrected chi connectivity index (χ1v) is 6.68. The summed E-state index contributed by atoms with van der Waals surface area (Å²) in [5.74, 6) is 1.08. The van der Waals surface area contributed by atoms with E-state index in [1.165, 1.54) is 12.8 Å². The molecule has 0 aromatic carbocycles. The molecule has 0 radical (unpaired) electrons. The van der Waals surface area contributed by atoms with Crippen molar-refractivity contribution in [1.29, 1.82) is 0 Å². The lowest BCUT2D eigenvalue weighted by Crippen LogP contribution is -2.48. The summed E-state index contributed by atoms with van der Waals surface area (Å²) in [4.78, 5) is 0. The third-order valence-corrected chi connectivity index (χ3v) is 3.42. The smallest absolute Gasteiger partial charge is 0.103 e. The molecule has 1 aliphatic carbocycles. The number of furan rings is 1. The molecule has 17 heavy (non-hydrogen) atoms. The minimum Gasteiger partial charge on any atom is -0.469 e. The Hall–Kier alpha value is -0.800. The fourth-order valence-electron chi connectivity index (χ4n) is 2.37. The monoisotopic (exact) mass is 237 g/mol. The van der Waals surface area contributed by atoms with Gasteiger partial charge >= 0.3 is 0 Å². The largest absolute Gasteiger partial charge is 0.469 e. The van der Waals surface area contributed by atoms with Crippen LogP contribution < -0.4 is 5.32 Å². The highest BCUT2D eigenvalue weighted by atomic mass is 16.5. The highest BCUT2D eigenvalue weighted by molar-refractivity contribution is 4.98. The average molecular weight is 237 g/mol. The van der Waals surface area contributed by atoms with Crippen molar-refractivity contribution < 1.29 is 9.15 Å². The molecule has 2 rings (SSSR count). The Balaban J connectivity index is 1.57. The highest BCUT2D eigenvalue weighted by Crippen LogP contribution is 2.24. The molecule has 1 aromatic heterocycles. The van der Waals surface area contributed by atoms with Crippen molar-refractivity contribution in [2.45, 2.75) is 57.7 Å². The summed E-state index contributed by atoms with van der Waals surface area (Å²) in [6, 6.07) is 5.19. The van der Waals surface area contributed by atoms with Crippen LogP contribution in [0.15, 0.2) is 22.8 Å². The lowest BCUT2D eigenvalue weighted by molar-refractivity contribution is -0.0121. The number of hydrogen-bond acceptors (Lipinski definition) is 3. The van der Waals surface area contributed by atoms with Crippen LogP contribution in [0.4, 0.5) is 0 Å². The van der Waals surface area contributed by atoms with Crippen molar-refractivity contribution >= 4 is 0 Å². The van der Waals surface area contributed by atoms with Gasteiger partial charge in [-0.25, -0.2) is 0 Å². The summed E-state index contributed by atoms with van der Waals surface area (Å²) in [5.41, 5.74) is 0. The number of aryl methyl sites for hydroxylation is 1. The van der Waals surface area contributed by atoms with Gasteiger partial charge in [-0.15, -0.1) is 0 Å². The van der Waals surface area contributed by atoms with E-state index in [9.17, 15) is 0 Å². The first kappa shape index (κ1) is 12.7. The van der Waals surface area contributed by atoms with E-state index in [4.69, 9.17) is 9.15 Å². The maximum atomic E-state index is 5.55. The number of rotatable bonds is 7. The topological polar surface area (TPSA) is 34.4 Å². The van der Waals surface area contributed by atoms with Crippen LogP contribution in [-0.2, 0) is 11.2 Å².